The summed E-state index contributed by atoms with van der Waals surface area (Å²) >= 11 is 0. The van der Waals surface area contributed by atoms with E-state index in [2.05, 4.69) is 10.3 Å². The molecule has 3 N–H and O–H groups in total. The zero-order valence-corrected chi connectivity index (χ0v) is 13.9. The van der Waals surface area contributed by atoms with Gasteiger partial charge in [-0.05, 0) is 48.0 Å². The molecule has 1 aromatic heterocycles. The van der Waals surface area contributed by atoms with E-state index in [-0.39, 0.29) is 12.5 Å². The van der Waals surface area contributed by atoms with Gasteiger partial charge in [-0.2, -0.15) is 0 Å². The van der Waals surface area contributed by atoms with Crippen molar-refractivity contribution < 1.29 is 14.3 Å². The summed E-state index contributed by atoms with van der Waals surface area (Å²) in [6.07, 6.45) is 4.87. The van der Waals surface area contributed by atoms with E-state index in [0.29, 0.717) is 11.4 Å². The molecule has 6 nitrogen and oxygen atoms in total. The van der Waals surface area contributed by atoms with Crippen LogP contribution in [0.15, 0.2) is 66.9 Å². The third kappa shape index (κ3) is 4.67. The maximum Gasteiger partial charge on any atom is 0.255 e. The number of nitrogens with two attached hydrogens (primary N) is 1. The second-order valence-electron chi connectivity index (χ2n) is 5.56. The number of hydrogen-bond donors (Lipinski definition) is 2. The van der Waals surface area contributed by atoms with E-state index in [1.165, 1.54) is 6.08 Å². The Morgan fingerprint density at radius 2 is 1.92 bits per heavy atom. The van der Waals surface area contributed by atoms with Crippen LogP contribution in [0.4, 0.5) is 5.69 Å². The summed E-state index contributed by atoms with van der Waals surface area (Å²) in [5.41, 5.74) is 7.43. The molecule has 130 valence electrons. The highest BCUT2D eigenvalue weighted by molar-refractivity contribution is 6.02. The van der Waals surface area contributed by atoms with Crippen molar-refractivity contribution in [3.8, 4) is 5.75 Å². The fraction of sp³-hybridized carbons (Fsp3) is 0.0500. The van der Waals surface area contributed by atoms with E-state index < -0.39 is 5.91 Å². The number of fused-ring (bicyclic) bond motifs is 1. The average Bonchev–Trinajstić information content (AvgIpc) is 2.65. The van der Waals surface area contributed by atoms with E-state index in [4.69, 9.17) is 10.5 Å². The van der Waals surface area contributed by atoms with Crippen LogP contribution in [-0.4, -0.2) is 23.4 Å². The van der Waals surface area contributed by atoms with Crippen LogP contribution in [0.25, 0.3) is 17.0 Å². The van der Waals surface area contributed by atoms with Crippen LogP contribution < -0.4 is 15.8 Å². The summed E-state index contributed by atoms with van der Waals surface area (Å²) in [5.74, 6) is -0.229. The number of anilines is 1. The first-order valence-electron chi connectivity index (χ1n) is 7.95. The molecule has 0 aliphatic heterocycles. The number of ether oxygens (including phenoxy) is 1. The number of aromatic nitrogens is 1. The molecule has 2 aromatic carbocycles. The normalized spacial score (nSPS) is 10.8. The number of rotatable bonds is 6. The SMILES string of the molecule is NC(=O)COc1ccc(C=CC(=O)Nc2ccc3ncccc3c2)cc1. The molecule has 0 spiro atoms. The van der Waals surface area contributed by atoms with Gasteiger partial charge in [-0.15, -0.1) is 0 Å². The van der Waals surface area contributed by atoms with E-state index in [1.807, 2.05) is 30.3 Å². The van der Waals surface area contributed by atoms with Crippen molar-refractivity contribution in [3.63, 3.8) is 0 Å². The number of primary amides is 1. The van der Waals surface area contributed by atoms with Crippen LogP contribution in [0.1, 0.15) is 5.56 Å². The molecule has 0 aliphatic rings. The first-order chi connectivity index (χ1) is 12.6. The Bertz CT molecular complexity index is 965. The van der Waals surface area contributed by atoms with Crippen LogP contribution in [0, 0.1) is 0 Å². The van der Waals surface area contributed by atoms with Crippen molar-refractivity contribution in [1.82, 2.24) is 4.98 Å². The summed E-state index contributed by atoms with van der Waals surface area (Å²) < 4.78 is 5.18. The number of carbonyl (C=O) groups excluding carboxylic acids is 2. The molecule has 3 aromatic rings. The number of amides is 2. The quantitative estimate of drug-likeness (QED) is 0.670. The molecule has 0 fully saturated rings. The van der Waals surface area contributed by atoms with Crippen LogP contribution in [0.2, 0.25) is 0 Å². The van der Waals surface area contributed by atoms with Gasteiger partial charge in [-0.25, -0.2) is 0 Å². The highest BCUT2D eigenvalue weighted by Gasteiger charge is 2.01. The second-order valence-corrected chi connectivity index (χ2v) is 5.56. The van der Waals surface area contributed by atoms with E-state index >= 15 is 0 Å². The Kier molecular flexibility index (Phi) is 5.24. The van der Waals surface area contributed by atoms with Gasteiger partial charge in [0.25, 0.3) is 5.91 Å². The van der Waals surface area contributed by atoms with E-state index in [1.54, 1.807) is 36.5 Å². The molecule has 0 bridgehead atoms. The molecule has 0 saturated carbocycles. The van der Waals surface area contributed by atoms with Gasteiger partial charge in [0.05, 0.1) is 5.52 Å². The van der Waals surface area contributed by atoms with Crippen molar-refractivity contribution in [2.24, 2.45) is 5.73 Å². The molecule has 0 atom stereocenters. The van der Waals surface area contributed by atoms with Crippen LogP contribution in [0.3, 0.4) is 0 Å². The molecular weight excluding hydrogens is 330 g/mol. The summed E-state index contributed by atoms with van der Waals surface area (Å²) in [5, 5.41) is 3.78. The lowest BCUT2D eigenvalue weighted by Crippen LogP contribution is -2.19. The Labute approximate surface area is 150 Å². The van der Waals surface area contributed by atoms with Gasteiger partial charge in [0.2, 0.25) is 5.91 Å². The average molecular weight is 347 g/mol. The standard InChI is InChI=1S/C20H17N3O3/c21-19(24)13-26-17-7-3-14(4-8-17)5-10-20(25)23-16-6-9-18-15(12-16)2-1-11-22-18/h1-12H,13H2,(H2,21,24)(H,23,25). The Morgan fingerprint density at radius 1 is 1.12 bits per heavy atom. The van der Waals surface area contributed by atoms with Gasteiger partial charge in [0, 0.05) is 23.3 Å². The number of carbonyl (C=O) groups is 2. The molecule has 6 heteroatoms. The first kappa shape index (κ1) is 17.2. The maximum atomic E-state index is 12.1. The lowest BCUT2D eigenvalue weighted by atomic mass is 10.2. The molecule has 0 aliphatic carbocycles. The number of hydrogen-bond acceptors (Lipinski definition) is 4. The molecule has 2 amide bonds. The van der Waals surface area contributed by atoms with Crippen molar-refractivity contribution in [2.45, 2.75) is 0 Å². The van der Waals surface area contributed by atoms with E-state index in [9.17, 15) is 9.59 Å². The molecule has 0 unspecified atom stereocenters. The van der Waals surface area contributed by atoms with Crippen LogP contribution >= 0.6 is 0 Å². The molecule has 26 heavy (non-hydrogen) atoms. The van der Waals surface area contributed by atoms with Crippen molar-refractivity contribution in [3.05, 3.63) is 72.4 Å². The molecule has 1 heterocycles. The number of nitrogens with zero attached hydrogens (tertiary/aromatic N) is 1. The Hall–Kier alpha value is -3.67. The summed E-state index contributed by atoms with van der Waals surface area (Å²) in [4.78, 5) is 27.0. The topological polar surface area (TPSA) is 94.3 Å². The second kappa shape index (κ2) is 7.94. The third-order valence-corrected chi connectivity index (χ3v) is 3.56. The lowest BCUT2D eigenvalue weighted by Gasteiger charge is -2.04. The molecule has 0 radical (unpaired) electrons. The fourth-order valence-electron chi connectivity index (χ4n) is 2.34. The van der Waals surface area contributed by atoms with Gasteiger partial charge in [0.15, 0.2) is 6.61 Å². The maximum absolute atomic E-state index is 12.1. The van der Waals surface area contributed by atoms with Crippen molar-refractivity contribution in [1.29, 1.82) is 0 Å². The number of benzene rings is 2. The van der Waals surface area contributed by atoms with Gasteiger partial charge in [-0.3, -0.25) is 14.6 Å². The zero-order valence-electron chi connectivity index (χ0n) is 13.9. The van der Waals surface area contributed by atoms with Crippen molar-refractivity contribution in [2.75, 3.05) is 11.9 Å². The summed E-state index contributed by atoms with van der Waals surface area (Å²) in [6.45, 7) is -0.168. The Balaban J connectivity index is 1.60. The predicted octanol–water partition coefficient (Wildman–Crippen LogP) is 2.75. The lowest BCUT2D eigenvalue weighted by molar-refractivity contribution is -0.120. The van der Waals surface area contributed by atoms with Gasteiger partial charge in [-0.1, -0.05) is 18.2 Å². The van der Waals surface area contributed by atoms with Gasteiger partial charge in [0.1, 0.15) is 5.75 Å². The van der Waals surface area contributed by atoms with Crippen LogP contribution in [0.5, 0.6) is 5.75 Å². The number of nitrogens with one attached hydrogen (secondary N) is 1. The smallest absolute Gasteiger partial charge is 0.255 e. The summed E-state index contributed by atoms with van der Waals surface area (Å²) in [6, 6.07) is 16.3. The third-order valence-electron chi connectivity index (χ3n) is 3.56. The monoisotopic (exact) mass is 347 g/mol. The minimum atomic E-state index is -0.532. The van der Waals surface area contributed by atoms with Crippen molar-refractivity contribution >= 4 is 34.5 Å². The minimum Gasteiger partial charge on any atom is -0.484 e. The molecule has 3 rings (SSSR count). The molecule has 0 saturated heterocycles. The zero-order chi connectivity index (χ0) is 18.4. The number of pyridine rings is 1. The van der Waals surface area contributed by atoms with Gasteiger partial charge < -0.3 is 15.8 Å². The highest BCUT2D eigenvalue weighted by Crippen LogP contribution is 2.17. The molecular formula is C20H17N3O3. The summed E-state index contributed by atoms with van der Waals surface area (Å²) in [7, 11) is 0. The predicted molar refractivity (Wildman–Crippen MR) is 101 cm³/mol. The highest BCUT2D eigenvalue weighted by atomic mass is 16.5. The fourth-order valence-corrected chi connectivity index (χ4v) is 2.34. The van der Waals surface area contributed by atoms with Crippen LogP contribution in [-0.2, 0) is 9.59 Å². The van der Waals surface area contributed by atoms with Gasteiger partial charge >= 0.3 is 0 Å². The van der Waals surface area contributed by atoms with E-state index in [0.717, 1.165) is 16.5 Å². The largest absolute Gasteiger partial charge is 0.484 e. The first-order valence-corrected chi connectivity index (χ1v) is 7.95. The Morgan fingerprint density at radius 3 is 2.69 bits per heavy atom. The minimum absolute atomic E-state index is 0.168.